The molecule has 0 spiro atoms. The van der Waals surface area contributed by atoms with Crippen molar-refractivity contribution < 1.29 is 8.42 Å². The van der Waals surface area contributed by atoms with Crippen molar-refractivity contribution in [2.75, 3.05) is 24.8 Å². The van der Waals surface area contributed by atoms with E-state index >= 15 is 0 Å². The molecular weight excluding hydrogens is 224 g/mol. The smallest absolute Gasteiger partial charge is 0.225 e. The number of rotatable bonds is 5. The first-order valence-electron chi connectivity index (χ1n) is 4.82. The summed E-state index contributed by atoms with van der Waals surface area (Å²) < 4.78 is 24.8. The van der Waals surface area contributed by atoms with Gasteiger partial charge in [-0.15, -0.1) is 11.6 Å². The van der Waals surface area contributed by atoms with Crippen LogP contribution in [0.4, 0.5) is 0 Å². The van der Waals surface area contributed by atoms with E-state index in [0.29, 0.717) is 0 Å². The van der Waals surface area contributed by atoms with Crippen LogP contribution in [0.2, 0.25) is 0 Å². The molecule has 1 fully saturated rings. The highest BCUT2D eigenvalue weighted by Crippen LogP contribution is 2.07. The Morgan fingerprint density at radius 2 is 2.00 bits per heavy atom. The molecule has 14 heavy (non-hydrogen) atoms. The molecule has 6 heteroatoms. The molecule has 0 aliphatic carbocycles. The summed E-state index contributed by atoms with van der Waals surface area (Å²) in [5.74, 6) is 0. The Morgan fingerprint density at radius 3 is 2.50 bits per heavy atom. The largest absolute Gasteiger partial charge is 0.302 e. The van der Waals surface area contributed by atoms with Crippen LogP contribution in [0.1, 0.15) is 19.8 Å². The van der Waals surface area contributed by atoms with E-state index in [1.807, 2.05) is 6.92 Å². The fourth-order valence-corrected chi connectivity index (χ4v) is 2.67. The maximum atomic E-state index is 11.1. The van der Waals surface area contributed by atoms with Gasteiger partial charge in [0.2, 0.25) is 10.0 Å². The second kappa shape index (κ2) is 5.30. The zero-order chi connectivity index (χ0) is 10.6. The van der Waals surface area contributed by atoms with Gasteiger partial charge in [-0.25, -0.2) is 13.1 Å². The van der Waals surface area contributed by atoms with E-state index in [1.165, 1.54) is 12.8 Å². The predicted molar refractivity (Wildman–Crippen MR) is 57.9 cm³/mol. The normalized spacial score (nSPS) is 21.3. The molecule has 1 rings (SSSR count). The Kier molecular flexibility index (Phi) is 4.63. The maximum Gasteiger partial charge on any atom is 0.225 e. The van der Waals surface area contributed by atoms with Crippen LogP contribution in [0.15, 0.2) is 0 Å². The number of likely N-dealkylation sites (tertiary alicyclic amines) is 1. The molecule has 1 unspecified atom stereocenters. The lowest BCUT2D eigenvalue weighted by Crippen LogP contribution is -2.41. The second-order valence-electron chi connectivity index (χ2n) is 3.75. The van der Waals surface area contributed by atoms with E-state index in [0.717, 1.165) is 19.6 Å². The molecule has 0 amide bonds. The van der Waals surface area contributed by atoms with Gasteiger partial charge in [0.1, 0.15) is 5.21 Å². The van der Waals surface area contributed by atoms with Crippen molar-refractivity contribution in [3.05, 3.63) is 0 Å². The minimum Gasteiger partial charge on any atom is -0.302 e. The molecule has 1 saturated heterocycles. The molecular formula is C8H17ClN2O2S. The van der Waals surface area contributed by atoms with Crippen LogP contribution in [0.5, 0.6) is 0 Å². The fourth-order valence-electron chi connectivity index (χ4n) is 1.73. The van der Waals surface area contributed by atoms with Gasteiger partial charge in [0, 0.05) is 12.6 Å². The fraction of sp³-hybridized carbons (Fsp3) is 1.00. The Hall–Kier alpha value is 0.160. The van der Waals surface area contributed by atoms with E-state index in [-0.39, 0.29) is 11.3 Å². The molecule has 84 valence electrons. The monoisotopic (exact) mass is 240 g/mol. The Labute approximate surface area is 90.7 Å². The Morgan fingerprint density at radius 1 is 1.43 bits per heavy atom. The van der Waals surface area contributed by atoms with Gasteiger partial charge in [-0.2, -0.15) is 0 Å². The van der Waals surface area contributed by atoms with Crippen LogP contribution >= 0.6 is 11.6 Å². The van der Waals surface area contributed by atoms with Gasteiger partial charge in [-0.1, -0.05) is 0 Å². The third kappa shape index (κ3) is 4.13. The number of hydrogen-bond donors (Lipinski definition) is 1. The average molecular weight is 241 g/mol. The number of halogens is 1. The second-order valence-corrected chi connectivity index (χ2v) is 6.09. The molecule has 0 bridgehead atoms. The molecule has 0 aromatic rings. The first kappa shape index (κ1) is 12.2. The lowest BCUT2D eigenvalue weighted by molar-refractivity contribution is 0.313. The van der Waals surface area contributed by atoms with E-state index in [2.05, 4.69) is 9.62 Å². The van der Waals surface area contributed by atoms with Crippen molar-refractivity contribution in [1.82, 2.24) is 9.62 Å². The Bertz CT molecular complexity index is 263. The van der Waals surface area contributed by atoms with Crippen molar-refractivity contribution in [2.45, 2.75) is 25.8 Å². The summed E-state index contributed by atoms with van der Waals surface area (Å²) in [4.78, 5) is 2.27. The van der Waals surface area contributed by atoms with Crippen LogP contribution in [-0.2, 0) is 10.0 Å². The van der Waals surface area contributed by atoms with Gasteiger partial charge in [-0.05, 0) is 32.9 Å². The van der Waals surface area contributed by atoms with E-state index in [4.69, 9.17) is 11.6 Å². The number of nitrogens with one attached hydrogen (secondary N) is 1. The third-order valence-corrected chi connectivity index (χ3v) is 4.17. The third-order valence-electron chi connectivity index (χ3n) is 2.26. The molecule has 0 aromatic carbocycles. The van der Waals surface area contributed by atoms with Gasteiger partial charge in [0.15, 0.2) is 0 Å². The van der Waals surface area contributed by atoms with Gasteiger partial charge < -0.3 is 4.90 Å². The van der Waals surface area contributed by atoms with Crippen LogP contribution in [0, 0.1) is 0 Å². The number of alkyl halides is 1. The highest BCUT2D eigenvalue weighted by atomic mass is 35.5. The van der Waals surface area contributed by atoms with Crippen LogP contribution in [0.25, 0.3) is 0 Å². The summed E-state index contributed by atoms with van der Waals surface area (Å²) in [5, 5.41) is -0.364. The highest BCUT2D eigenvalue weighted by Gasteiger charge is 2.18. The summed E-state index contributed by atoms with van der Waals surface area (Å²) in [6, 6.07) is -0.0585. The van der Waals surface area contributed by atoms with Crippen molar-refractivity contribution in [3.63, 3.8) is 0 Å². The molecule has 1 heterocycles. The first-order valence-corrected chi connectivity index (χ1v) is 7.00. The lowest BCUT2D eigenvalue weighted by Gasteiger charge is -2.20. The molecule has 1 N–H and O–H groups in total. The van der Waals surface area contributed by atoms with E-state index in [1.54, 1.807) is 0 Å². The quantitative estimate of drug-likeness (QED) is 0.716. The van der Waals surface area contributed by atoms with Gasteiger partial charge in [0.25, 0.3) is 0 Å². The van der Waals surface area contributed by atoms with E-state index in [9.17, 15) is 8.42 Å². The zero-order valence-corrected chi connectivity index (χ0v) is 9.94. The van der Waals surface area contributed by atoms with Crippen molar-refractivity contribution in [2.24, 2.45) is 0 Å². The number of nitrogens with zero attached hydrogens (tertiary/aromatic N) is 1. The van der Waals surface area contributed by atoms with Crippen LogP contribution < -0.4 is 4.72 Å². The molecule has 1 aliphatic rings. The van der Waals surface area contributed by atoms with Crippen molar-refractivity contribution in [3.8, 4) is 0 Å². The first-order chi connectivity index (χ1) is 6.53. The van der Waals surface area contributed by atoms with E-state index < -0.39 is 10.0 Å². The molecule has 1 atom stereocenters. The number of hydrogen-bond acceptors (Lipinski definition) is 3. The topological polar surface area (TPSA) is 49.4 Å². The standard InChI is InChI=1S/C8H17ClN2O2S/c1-8(10-14(12,13)7-9)6-11-4-2-3-5-11/h8,10H,2-7H2,1H3. The Balaban J connectivity index is 2.31. The van der Waals surface area contributed by atoms with Gasteiger partial charge in [0.05, 0.1) is 0 Å². The van der Waals surface area contributed by atoms with Gasteiger partial charge in [-0.3, -0.25) is 0 Å². The van der Waals surface area contributed by atoms with Crippen LogP contribution in [0.3, 0.4) is 0 Å². The minimum absolute atomic E-state index is 0.0585. The summed E-state index contributed by atoms with van der Waals surface area (Å²) in [6.07, 6.45) is 2.43. The lowest BCUT2D eigenvalue weighted by atomic mass is 10.3. The van der Waals surface area contributed by atoms with Crippen molar-refractivity contribution in [1.29, 1.82) is 0 Å². The molecule has 4 nitrogen and oxygen atoms in total. The SMILES string of the molecule is CC(CN1CCCC1)NS(=O)(=O)CCl. The molecule has 0 saturated carbocycles. The number of sulfonamides is 1. The highest BCUT2D eigenvalue weighted by molar-refractivity contribution is 7.90. The minimum atomic E-state index is -3.27. The van der Waals surface area contributed by atoms with Crippen molar-refractivity contribution >= 4 is 21.6 Å². The zero-order valence-electron chi connectivity index (χ0n) is 8.37. The van der Waals surface area contributed by atoms with Gasteiger partial charge >= 0.3 is 0 Å². The maximum absolute atomic E-state index is 11.1. The summed E-state index contributed by atoms with van der Waals surface area (Å²) in [7, 11) is -3.27. The molecule has 0 radical (unpaired) electrons. The molecule has 1 aliphatic heterocycles. The average Bonchev–Trinajstić information content (AvgIpc) is 2.55. The molecule has 0 aromatic heterocycles. The summed E-state index contributed by atoms with van der Waals surface area (Å²) >= 11 is 5.29. The summed E-state index contributed by atoms with van der Waals surface area (Å²) in [6.45, 7) is 4.79. The predicted octanol–water partition coefficient (Wildman–Crippen LogP) is 0.586. The summed E-state index contributed by atoms with van der Waals surface area (Å²) in [5.41, 5.74) is 0. The van der Waals surface area contributed by atoms with Crippen LogP contribution in [-0.4, -0.2) is 44.2 Å².